The first-order chi connectivity index (χ1) is 19.5. The molecule has 41 heavy (non-hydrogen) atoms. The van der Waals surface area contributed by atoms with Crippen LogP contribution >= 0.6 is 0 Å². The number of likely N-dealkylation sites (N-methyl/N-ethyl adjacent to an activating group) is 1. The number of phenols is 1. The second-order valence-corrected chi connectivity index (χ2v) is 11.4. The number of ether oxygens (including phenoxy) is 2. The van der Waals surface area contributed by atoms with E-state index in [-0.39, 0.29) is 23.0 Å². The molecule has 0 unspecified atom stereocenters. The van der Waals surface area contributed by atoms with Crippen molar-refractivity contribution in [1.29, 1.82) is 0 Å². The molecule has 222 valence electrons. The fraction of sp³-hybridized carbons (Fsp3) is 0.500. The molecule has 0 spiro atoms. The summed E-state index contributed by atoms with van der Waals surface area (Å²) in [5.41, 5.74) is 1.80. The first-order valence-electron chi connectivity index (χ1n) is 14.0. The number of hydrogen-bond donors (Lipinski definition) is 5. The Bertz CT molecular complexity index is 1380. The molecule has 0 saturated carbocycles. The molecule has 11 nitrogen and oxygen atoms in total. The number of benzene rings is 2. The zero-order chi connectivity index (χ0) is 29.4. The molecule has 2 aliphatic heterocycles. The van der Waals surface area contributed by atoms with Gasteiger partial charge in [0.05, 0.1) is 12.2 Å². The highest BCUT2D eigenvalue weighted by molar-refractivity contribution is 6.01. The number of carbonyl (C=O) groups is 1. The summed E-state index contributed by atoms with van der Waals surface area (Å²) in [6, 6.07) is 8.97. The molecule has 0 aliphatic carbocycles. The predicted molar refractivity (Wildman–Crippen MR) is 151 cm³/mol. The van der Waals surface area contributed by atoms with Gasteiger partial charge in [0, 0.05) is 56.6 Å². The number of aromatic hydroxyl groups is 1. The van der Waals surface area contributed by atoms with E-state index in [0.717, 1.165) is 49.1 Å². The van der Waals surface area contributed by atoms with Crippen LogP contribution in [0.4, 0.5) is 0 Å². The van der Waals surface area contributed by atoms with Gasteiger partial charge in [-0.25, -0.2) is 0 Å². The largest absolute Gasteiger partial charge is 0.508 e. The number of aliphatic hydroxyl groups is 4. The molecule has 2 aliphatic rings. The maximum atomic E-state index is 13.9. The van der Waals surface area contributed by atoms with E-state index >= 15 is 0 Å². The predicted octanol–water partition coefficient (Wildman–Crippen LogP) is 1.08. The molecule has 1 aromatic heterocycles. The summed E-state index contributed by atoms with van der Waals surface area (Å²) in [5.74, 6) is -0.718. The number of carbonyl (C=O) groups excluding carboxylic acids is 1. The number of rotatable bonds is 7. The highest BCUT2D eigenvalue weighted by atomic mass is 16.7. The van der Waals surface area contributed by atoms with Crippen molar-refractivity contribution < 1.29 is 39.8 Å². The number of fused-ring (bicyclic) bond motifs is 1. The standard InChI is InChI=1S/C30H39N3O8/c1-17(2)21-11-22(24(12-23(21)35)40-30-28(38)27(37)26(36)25(16-34)41-30)29(39)33-14-19-5-4-18(10-20(19)15-33)13-32-8-6-31(3)7-9-32/h4-5,10-12,14-15,17,25-28,30,34-38H,6-9,13,16H2,1-3H3/t25-,26+,27+,28-,30-/m1/s1. The third kappa shape index (κ3) is 6.12. The zero-order valence-corrected chi connectivity index (χ0v) is 23.6. The Morgan fingerprint density at radius 3 is 2.39 bits per heavy atom. The first-order valence-corrected chi connectivity index (χ1v) is 14.0. The smallest absolute Gasteiger partial charge is 0.265 e. The van der Waals surface area contributed by atoms with Gasteiger partial charge in [-0.15, -0.1) is 0 Å². The Kier molecular flexibility index (Phi) is 8.67. The minimum Gasteiger partial charge on any atom is -0.508 e. The van der Waals surface area contributed by atoms with E-state index in [1.54, 1.807) is 18.5 Å². The number of phenolic OH excluding ortho intramolecular Hbond substituents is 1. The normalized spacial score (nSPS) is 26.1. The summed E-state index contributed by atoms with van der Waals surface area (Å²) in [6.07, 6.45) is -4.08. The van der Waals surface area contributed by atoms with Crippen LogP contribution in [0.5, 0.6) is 11.5 Å². The van der Waals surface area contributed by atoms with Crippen molar-refractivity contribution in [3.63, 3.8) is 0 Å². The third-order valence-electron chi connectivity index (χ3n) is 8.02. The quantitative estimate of drug-likeness (QED) is 0.280. The topological polar surface area (TPSA) is 148 Å². The van der Waals surface area contributed by atoms with E-state index in [2.05, 4.69) is 29.0 Å². The third-order valence-corrected chi connectivity index (χ3v) is 8.02. The number of aliphatic hydroxyl groups excluding tert-OH is 4. The molecule has 5 atom stereocenters. The van der Waals surface area contributed by atoms with E-state index in [1.807, 2.05) is 19.9 Å². The van der Waals surface area contributed by atoms with Crippen LogP contribution in [0.25, 0.3) is 10.8 Å². The van der Waals surface area contributed by atoms with Crippen molar-refractivity contribution in [2.24, 2.45) is 0 Å². The lowest BCUT2D eigenvalue weighted by molar-refractivity contribution is -0.277. The van der Waals surface area contributed by atoms with Gasteiger partial charge in [-0.2, -0.15) is 0 Å². The number of piperazine rings is 1. The SMILES string of the molecule is CC(C)c1cc(C(=O)n2cc3ccc(CN4CCN(C)CC4)cc3c2)c(O[C@@H]2O[C@H](CO)[C@H](O)[C@H](O)[C@H]2O)cc1O. The van der Waals surface area contributed by atoms with Crippen LogP contribution in [0.3, 0.4) is 0 Å². The summed E-state index contributed by atoms with van der Waals surface area (Å²) < 4.78 is 12.8. The molecule has 2 aromatic carbocycles. The van der Waals surface area contributed by atoms with Crippen molar-refractivity contribution >= 4 is 16.7 Å². The molecule has 3 heterocycles. The van der Waals surface area contributed by atoms with Gasteiger partial charge in [0.2, 0.25) is 6.29 Å². The second-order valence-electron chi connectivity index (χ2n) is 11.4. The van der Waals surface area contributed by atoms with Crippen molar-refractivity contribution in [2.75, 3.05) is 39.8 Å². The van der Waals surface area contributed by atoms with Gasteiger partial charge < -0.3 is 39.9 Å². The zero-order valence-electron chi connectivity index (χ0n) is 23.6. The fourth-order valence-corrected chi connectivity index (χ4v) is 5.41. The minimum absolute atomic E-state index is 0.0743. The van der Waals surface area contributed by atoms with Crippen molar-refractivity contribution in [1.82, 2.24) is 14.4 Å². The van der Waals surface area contributed by atoms with Crippen LogP contribution in [0.2, 0.25) is 0 Å². The highest BCUT2D eigenvalue weighted by Crippen LogP contribution is 2.36. The van der Waals surface area contributed by atoms with Crippen molar-refractivity contribution in [3.8, 4) is 11.5 Å². The summed E-state index contributed by atoms with van der Waals surface area (Å²) in [4.78, 5) is 18.6. The minimum atomic E-state index is -1.67. The van der Waals surface area contributed by atoms with Crippen LogP contribution in [0.15, 0.2) is 42.7 Å². The second kappa shape index (κ2) is 12.1. The lowest BCUT2D eigenvalue weighted by Gasteiger charge is -2.39. The molecule has 0 amide bonds. The Balaban J connectivity index is 1.44. The van der Waals surface area contributed by atoms with Gasteiger partial charge >= 0.3 is 0 Å². The molecule has 3 aromatic rings. The average Bonchev–Trinajstić information content (AvgIpc) is 3.37. The molecule has 11 heteroatoms. The van der Waals surface area contributed by atoms with Gasteiger partial charge in [0.1, 0.15) is 35.9 Å². The Labute approximate surface area is 238 Å². The summed E-state index contributed by atoms with van der Waals surface area (Å²) in [6.45, 7) is 8.04. The average molecular weight is 570 g/mol. The summed E-state index contributed by atoms with van der Waals surface area (Å²) in [7, 11) is 2.13. The van der Waals surface area contributed by atoms with E-state index in [1.165, 1.54) is 10.6 Å². The van der Waals surface area contributed by atoms with Crippen LogP contribution in [0, 0.1) is 0 Å². The summed E-state index contributed by atoms with van der Waals surface area (Å²) in [5, 5.41) is 52.8. The van der Waals surface area contributed by atoms with E-state index in [9.17, 15) is 30.3 Å². The Morgan fingerprint density at radius 2 is 1.71 bits per heavy atom. The van der Waals surface area contributed by atoms with E-state index < -0.39 is 43.2 Å². The van der Waals surface area contributed by atoms with Crippen molar-refractivity contribution in [2.45, 2.75) is 57.0 Å². The lowest BCUT2D eigenvalue weighted by Crippen LogP contribution is -2.60. The maximum absolute atomic E-state index is 13.9. The Morgan fingerprint density at radius 1 is 1.00 bits per heavy atom. The van der Waals surface area contributed by atoms with E-state index in [4.69, 9.17) is 9.47 Å². The molecule has 5 rings (SSSR count). The maximum Gasteiger partial charge on any atom is 0.265 e. The monoisotopic (exact) mass is 569 g/mol. The molecule has 0 radical (unpaired) electrons. The molecule has 5 N–H and O–H groups in total. The van der Waals surface area contributed by atoms with Crippen LogP contribution in [0.1, 0.15) is 41.3 Å². The van der Waals surface area contributed by atoms with E-state index in [0.29, 0.717) is 5.56 Å². The summed E-state index contributed by atoms with van der Waals surface area (Å²) >= 11 is 0. The van der Waals surface area contributed by atoms with Gasteiger partial charge in [-0.1, -0.05) is 26.0 Å². The van der Waals surface area contributed by atoms with Gasteiger partial charge in [-0.05, 0) is 41.6 Å². The lowest BCUT2D eigenvalue weighted by atomic mass is 9.98. The fourth-order valence-electron chi connectivity index (χ4n) is 5.41. The van der Waals surface area contributed by atoms with Gasteiger partial charge in [-0.3, -0.25) is 14.3 Å². The number of hydrogen-bond acceptors (Lipinski definition) is 10. The molecule has 2 fully saturated rings. The van der Waals surface area contributed by atoms with Crippen LogP contribution in [-0.2, 0) is 11.3 Å². The van der Waals surface area contributed by atoms with Crippen molar-refractivity contribution in [3.05, 3.63) is 59.4 Å². The molecule has 0 bridgehead atoms. The Hall–Kier alpha value is -3.03. The van der Waals surface area contributed by atoms with Gasteiger partial charge in [0.15, 0.2) is 0 Å². The first kappa shape index (κ1) is 29.5. The van der Waals surface area contributed by atoms with Crippen LogP contribution < -0.4 is 4.74 Å². The van der Waals surface area contributed by atoms with Crippen LogP contribution in [-0.4, -0.2) is 116 Å². The molecular formula is C30H39N3O8. The number of nitrogens with zero attached hydrogens (tertiary/aromatic N) is 3. The molecule has 2 saturated heterocycles. The number of aromatic nitrogens is 1. The van der Waals surface area contributed by atoms with Gasteiger partial charge in [0.25, 0.3) is 5.91 Å². The highest BCUT2D eigenvalue weighted by Gasteiger charge is 2.45. The molecular weight excluding hydrogens is 530 g/mol.